The standard InChI is InChI=1S/C16H23NO4/c1-19-13-6-8-14(9-7-13)20-11-3-5-16(18)17-12-15-4-2-10-21-15/h6-9,15H,2-5,10-12H2,1H3,(H,17,18)/t15-/m1/s1. The van der Waals surface area contributed by atoms with Gasteiger partial charge in [0.05, 0.1) is 19.8 Å². The van der Waals surface area contributed by atoms with Crippen LogP contribution in [-0.2, 0) is 9.53 Å². The second kappa shape index (κ2) is 8.52. The maximum Gasteiger partial charge on any atom is 0.220 e. The molecule has 2 rings (SSSR count). The maximum absolute atomic E-state index is 11.7. The summed E-state index contributed by atoms with van der Waals surface area (Å²) in [4.78, 5) is 11.7. The predicted octanol–water partition coefficient (Wildman–Crippen LogP) is 2.15. The van der Waals surface area contributed by atoms with E-state index in [-0.39, 0.29) is 12.0 Å². The first-order chi connectivity index (χ1) is 10.3. The Morgan fingerprint density at radius 1 is 1.33 bits per heavy atom. The number of amides is 1. The summed E-state index contributed by atoms with van der Waals surface area (Å²) >= 11 is 0. The average Bonchev–Trinajstić information content (AvgIpc) is 3.03. The molecule has 1 N–H and O–H groups in total. The van der Waals surface area contributed by atoms with Crippen LogP contribution in [0.3, 0.4) is 0 Å². The number of ether oxygens (including phenoxy) is 3. The molecule has 1 aliphatic rings. The smallest absolute Gasteiger partial charge is 0.220 e. The Balaban J connectivity index is 1.54. The summed E-state index contributed by atoms with van der Waals surface area (Å²) in [6, 6.07) is 7.42. The minimum absolute atomic E-state index is 0.0591. The maximum atomic E-state index is 11.7. The van der Waals surface area contributed by atoms with Crippen molar-refractivity contribution in [1.29, 1.82) is 0 Å². The molecule has 1 atom stereocenters. The van der Waals surface area contributed by atoms with Crippen LogP contribution in [0.4, 0.5) is 0 Å². The van der Waals surface area contributed by atoms with Crippen molar-refractivity contribution in [1.82, 2.24) is 5.32 Å². The van der Waals surface area contributed by atoms with E-state index >= 15 is 0 Å². The van der Waals surface area contributed by atoms with Crippen molar-refractivity contribution in [2.24, 2.45) is 0 Å². The predicted molar refractivity (Wildman–Crippen MR) is 79.7 cm³/mol. The molecule has 1 aromatic carbocycles. The van der Waals surface area contributed by atoms with Crippen LogP contribution in [0.15, 0.2) is 24.3 Å². The molecule has 1 saturated heterocycles. The number of methoxy groups -OCH3 is 1. The summed E-state index contributed by atoms with van der Waals surface area (Å²) in [5.41, 5.74) is 0. The van der Waals surface area contributed by atoms with Gasteiger partial charge in [-0.25, -0.2) is 0 Å². The molecule has 1 amide bonds. The van der Waals surface area contributed by atoms with Gasteiger partial charge in [0.15, 0.2) is 0 Å². The van der Waals surface area contributed by atoms with E-state index in [2.05, 4.69) is 5.32 Å². The number of hydrogen-bond acceptors (Lipinski definition) is 4. The van der Waals surface area contributed by atoms with Crippen molar-refractivity contribution >= 4 is 5.91 Å². The molecule has 1 fully saturated rings. The van der Waals surface area contributed by atoms with E-state index in [4.69, 9.17) is 14.2 Å². The van der Waals surface area contributed by atoms with Gasteiger partial charge in [-0.1, -0.05) is 0 Å². The van der Waals surface area contributed by atoms with Crippen molar-refractivity contribution < 1.29 is 19.0 Å². The number of carbonyl (C=O) groups is 1. The van der Waals surface area contributed by atoms with Crippen LogP contribution >= 0.6 is 0 Å². The van der Waals surface area contributed by atoms with Gasteiger partial charge >= 0.3 is 0 Å². The third kappa shape index (κ3) is 5.63. The summed E-state index contributed by atoms with van der Waals surface area (Å²) in [5, 5.41) is 2.90. The van der Waals surface area contributed by atoms with Crippen molar-refractivity contribution in [2.75, 3.05) is 26.9 Å². The number of benzene rings is 1. The normalized spacial score (nSPS) is 17.5. The third-order valence-corrected chi connectivity index (χ3v) is 3.43. The molecule has 0 spiro atoms. The van der Waals surface area contributed by atoms with Crippen molar-refractivity contribution in [3.63, 3.8) is 0 Å². The van der Waals surface area contributed by atoms with Gasteiger partial charge in [-0.2, -0.15) is 0 Å². The molecule has 0 radical (unpaired) electrons. The molecule has 5 heteroatoms. The van der Waals surface area contributed by atoms with Gasteiger partial charge in [0.2, 0.25) is 5.91 Å². The molecule has 0 bridgehead atoms. The molecule has 1 heterocycles. The molecule has 0 aliphatic carbocycles. The van der Waals surface area contributed by atoms with Gasteiger partial charge in [0.1, 0.15) is 11.5 Å². The topological polar surface area (TPSA) is 56.8 Å². The first-order valence-corrected chi connectivity index (χ1v) is 7.43. The van der Waals surface area contributed by atoms with E-state index < -0.39 is 0 Å². The molecule has 5 nitrogen and oxygen atoms in total. The minimum atomic E-state index is 0.0591. The van der Waals surface area contributed by atoms with Gasteiger partial charge in [-0.3, -0.25) is 4.79 Å². The highest BCUT2D eigenvalue weighted by atomic mass is 16.5. The lowest BCUT2D eigenvalue weighted by molar-refractivity contribution is -0.121. The number of nitrogens with one attached hydrogen (secondary N) is 1. The van der Waals surface area contributed by atoms with Crippen LogP contribution in [0.25, 0.3) is 0 Å². The lowest BCUT2D eigenvalue weighted by Crippen LogP contribution is -2.31. The zero-order valence-corrected chi connectivity index (χ0v) is 12.5. The first-order valence-electron chi connectivity index (χ1n) is 7.43. The minimum Gasteiger partial charge on any atom is -0.497 e. The van der Waals surface area contributed by atoms with Crippen LogP contribution in [0.1, 0.15) is 25.7 Å². The molecule has 1 aliphatic heterocycles. The molecule has 1 aromatic rings. The second-order valence-corrected chi connectivity index (χ2v) is 5.07. The van der Waals surface area contributed by atoms with Crippen LogP contribution in [-0.4, -0.2) is 38.9 Å². The Labute approximate surface area is 125 Å². The number of carbonyl (C=O) groups excluding carboxylic acids is 1. The quantitative estimate of drug-likeness (QED) is 0.746. The zero-order valence-electron chi connectivity index (χ0n) is 12.5. The van der Waals surface area contributed by atoms with Crippen LogP contribution in [0, 0.1) is 0 Å². The van der Waals surface area contributed by atoms with Gasteiger partial charge in [-0.15, -0.1) is 0 Å². The van der Waals surface area contributed by atoms with E-state index in [0.717, 1.165) is 30.9 Å². The van der Waals surface area contributed by atoms with Gasteiger partial charge in [0, 0.05) is 19.6 Å². The summed E-state index contributed by atoms with van der Waals surface area (Å²) in [6.07, 6.45) is 3.51. The second-order valence-electron chi connectivity index (χ2n) is 5.07. The fraction of sp³-hybridized carbons (Fsp3) is 0.562. The molecule has 21 heavy (non-hydrogen) atoms. The summed E-state index contributed by atoms with van der Waals surface area (Å²) in [5.74, 6) is 1.65. The van der Waals surface area contributed by atoms with E-state index in [0.29, 0.717) is 26.0 Å². The van der Waals surface area contributed by atoms with E-state index in [1.54, 1.807) is 7.11 Å². The summed E-state index contributed by atoms with van der Waals surface area (Å²) < 4.78 is 16.1. The highest BCUT2D eigenvalue weighted by molar-refractivity contribution is 5.75. The number of hydrogen-bond donors (Lipinski definition) is 1. The highest BCUT2D eigenvalue weighted by Crippen LogP contribution is 2.17. The monoisotopic (exact) mass is 293 g/mol. The van der Waals surface area contributed by atoms with Gasteiger partial charge in [0.25, 0.3) is 0 Å². The van der Waals surface area contributed by atoms with Crippen molar-refractivity contribution in [2.45, 2.75) is 31.8 Å². The van der Waals surface area contributed by atoms with Crippen LogP contribution in [0.2, 0.25) is 0 Å². The summed E-state index contributed by atoms with van der Waals surface area (Å²) in [6.45, 7) is 1.97. The Morgan fingerprint density at radius 2 is 2.10 bits per heavy atom. The third-order valence-electron chi connectivity index (χ3n) is 3.43. The van der Waals surface area contributed by atoms with E-state index in [9.17, 15) is 4.79 Å². The summed E-state index contributed by atoms with van der Waals surface area (Å²) in [7, 11) is 1.63. The molecule has 0 unspecified atom stereocenters. The largest absolute Gasteiger partial charge is 0.497 e. The van der Waals surface area contributed by atoms with E-state index in [1.807, 2.05) is 24.3 Å². The lowest BCUT2D eigenvalue weighted by Gasteiger charge is -2.11. The van der Waals surface area contributed by atoms with E-state index in [1.165, 1.54) is 0 Å². The lowest BCUT2D eigenvalue weighted by atomic mass is 10.2. The Kier molecular flexibility index (Phi) is 6.34. The van der Waals surface area contributed by atoms with Gasteiger partial charge in [-0.05, 0) is 43.5 Å². The SMILES string of the molecule is COc1ccc(OCCCC(=O)NC[C@H]2CCCO2)cc1. The molecular formula is C16H23NO4. The van der Waals surface area contributed by atoms with Crippen LogP contribution in [0.5, 0.6) is 11.5 Å². The molecular weight excluding hydrogens is 270 g/mol. The zero-order chi connectivity index (χ0) is 14.9. The fourth-order valence-electron chi connectivity index (χ4n) is 2.22. The van der Waals surface area contributed by atoms with Crippen molar-refractivity contribution in [3.05, 3.63) is 24.3 Å². The highest BCUT2D eigenvalue weighted by Gasteiger charge is 2.15. The van der Waals surface area contributed by atoms with Crippen LogP contribution < -0.4 is 14.8 Å². The van der Waals surface area contributed by atoms with Crippen molar-refractivity contribution in [3.8, 4) is 11.5 Å². The van der Waals surface area contributed by atoms with Gasteiger partial charge < -0.3 is 19.5 Å². The molecule has 0 aromatic heterocycles. The Bertz CT molecular complexity index is 426. The molecule has 116 valence electrons. The first kappa shape index (κ1) is 15.6. The molecule has 0 saturated carbocycles. The number of rotatable bonds is 8. The Hall–Kier alpha value is -1.75. The fourth-order valence-corrected chi connectivity index (χ4v) is 2.22. The average molecular weight is 293 g/mol. The Morgan fingerprint density at radius 3 is 2.76 bits per heavy atom.